The number of alkyl halides is 3. The second-order valence-corrected chi connectivity index (χ2v) is 28.9. The van der Waals surface area contributed by atoms with Gasteiger partial charge < -0.3 is 42.3 Å². The number of unbranched alkanes of at least 4 members (excludes halogenated alkanes) is 9. The Balaban J connectivity index is -0.0000000637. The first-order chi connectivity index (χ1) is 33.2. The quantitative estimate of drug-likeness (QED) is 0.0328. The second-order valence-electron chi connectivity index (χ2n) is 14.3. The molecule has 0 fully saturated rings. The summed E-state index contributed by atoms with van der Waals surface area (Å²) in [6, 6.07) is 0. The van der Waals surface area contributed by atoms with Crippen molar-refractivity contribution in [1.82, 2.24) is 22.4 Å². The van der Waals surface area contributed by atoms with E-state index in [1.54, 1.807) is 0 Å². The Morgan fingerprint density at radius 1 is 0.592 bits per heavy atom. The third-order valence-electron chi connectivity index (χ3n) is 8.03. The molecule has 14 nitrogen and oxygen atoms in total. The van der Waals surface area contributed by atoms with E-state index in [4.69, 9.17) is 70.4 Å². The molecule has 0 saturated heterocycles. The van der Waals surface area contributed by atoms with Gasteiger partial charge in [0.15, 0.2) is 0 Å². The predicted octanol–water partition coefficient (Wildman–Crippen LogP) is 1.61. The SMILES string of the molecule is CCCCCCCCn1cc[n+](C)c1.CCCCCCn1cc[n+](C)c1.CCCCn1cc[n+](C)c1.CS(=O)(=O)NS(=O)(=O)C(F)(F)F.C[n+]1ccn(CCO)c1.SI.[3H]F.[Cl-].[Cl-].[Cl-].[Cl][Cu].[Cl][Fe]([Cl])[Cl].[Cl][Fe]([Cl])[Cl].[Cu].[Fe].[Fe]. The number of aryl methyl sites for hydroxylation is 7. The van der Waals surface area contributed by atoms with E-state index in [0.29, 0.717) is 16.9 Å². The minimum Gasteiger partial charge on any atom is 0 e. The van der Waals surface area contributed by atoms with Crippen LogP contribution >= 0.6 is 102 Å². The fraction of sp³-hybridized carbons (Fsp3) is 0.684. The van der Waals surface area contributed by atoms with Gasteiger partial charge in [-0.05, 0) is 53.3 Å². The number of rotatable bonds is 19. The van der Waals surface area contributed by atoms with Crippen molar-refractivity contribution < 1.29 is 184 Å². The first-order valence-corrected chi connectivity index (χ1v) is 37.8. The van der Waals surface area contributed by atoms with Gasteiger partial charge in [0, 0.05) is 51.2 Å². The number of sulfonamides is 2. The zero-order valence-electron chi connectivity index (χ0n) is 43.6. The molecule has 4 aromatic rings. The van der Waals surface area contributed by atoms with Crippen LogP contribution < -0.4 is 59.6 Å². The van der Waals surface area contributed by atoms with Crippen LogP contribution in [-0.4, -0.2) is 60.0 Å². The molecular formula is C38H74Cl10Cu2F4Fe4IN9O5S3+. The molecule has 0 amide bonds. The van der Waals surface area contributed by atoms with Crippen molar-refractivity contribution >= 4 is 122 Å². The zero-order chi connectivity index (χ0) is 56.5. The summed E-state index contributed by atoms with van der Waals surface area (Å²) < 4.78 is 105. The molecule has 0 unspecified atom stereocenters. The van der Waals surface area contributed by atoms with Crippen LogP contribution in [0.25, 0.3) is 0 Å². The number of thiol groups is 1. The normalized spacial score (nSPS) is 9.92. The molecule has 4 rings (SSSR count). The van der Waals surface area contributed by atoms with Crippen LogP contribution in [0.5, 0.6) is 0 Å². The summed E-state index contributed by atoms with van der Waals surface area (Å²) in [4.78, 5) is 0. The Kier molecular flexibility index (Phi) is 97.5. The number of imidazole rings is 4. The van der Waals surface area contributed by atoms with Crippen molar-refractivity contribution in [1.29, 1.82) is 1.45 Å². The molecule has 0 atom stereocenters. The van der Waals surface area contributed by atoms with Gasteiger partial charge in [0.25, 0.3) is 1.45 Å². The van der Waals surface area contributed by atoms with Gasteiger partial charge >= 0.3 is 124 Å². The van der Waals surface area contributed by atoms with E-state index in [2.05, 4.69) is 155 Å². The summed E-state index contributed by atoms with van der Waals surface area (Å²) in [5.41, 5.74) is -5.62. The van der Waals surface area contributed by atoms with Gasteiger partial charge in [-0.3, -0.25) is 4.72 Å². The third kappa shape index (κ3) is 79.5. The monoisotopic (exact) mass is 1740 g/mol. The molecule has 0 aliphatic carbocycles. The van der Waals surface area contributed by atoms with E-state index in [9.17, 15) is 30.0 Å². The molecule has 0 saturated carbocycles. The summed E-state index contributed by atoms with van der Waals surface area (Å²) in [5, 5.41) is 8.50. The van der Waals surface area contributed by atoms with Gasteiger partial charge in [0.1, 0.15) is 56.1 Å². The minimum atomic E-state index is -5.79. The molecule has 2 N–H and O–H groups in total. The fourth-order valence-electron chi connectivity index (χ4n) is 5.03. The van der Waals surface area contributed by atoms with Gasteiger partial charge in [-0.25, -0.2) is 53.4 Å². The number of hydrogen-bond donors (Lipinski definition) is 3. The van der Waals surface area contributed by atoms with Crippen molar-refractivity contribution in [3.05, 3.63) is 74.9 Å². The van der Waals surface area contributed by atoms with Crippen LogP contribution in [0.4, 0.5) is 17.9 Å². The van der Waals surface area contributed by atoms with Crippen LogP contribution in [0.2, 0.25) is 0 Å². The number of nitrogens with one attached hydrogen (secondary N) is 1. The summed E-state index contributed by atoms with van der Waals surface area (Å²) in [7, 11) is 34.9. The molecule has 76 heavy (non-hydrogen) atoms. The van der Waals surface area contributed by atoms with Crippen molar-refractivity contribution in [2.45, 2.75) is 130 Å². The standard InChI is InChI=1S/C12H23N2.C10H19N2.C8H15N2.C6H11N2O.C2H4F3NO4S2.10ClH.2Cu.FH.4Fe.HIS/c1-3-4-5-6-7-8-9-14-11-10-13(2)12-14;1-3-4-5-6-7-12-9-8-11(2)10-12;1-3-4-5-10-7-6-9(2)8-10;1-7-2-3-8(6-7)4-5-9;1-11(7,8)6-12(9,10)2(3,4)5;;;;;;;;;;;;;;;;;;1-2/h10-12H,3-9H2,1-2H3;8-10H,3-7H2,1-2H3;6-8H,3-5H2,1-2H3;2-3,6,9H,4-5H2,1H3;6H,1H3;10*1H;;;1H;;;;;2H/q4*+1;;;;;;;;;;;;;+1;;;;2*+3;/p-10/i/hT. The van der Waals surface area contributed by atoms with E-state index >= 15 is 0 Å². The topological polar surface area (TPSA) is 136 Å². The van der Waals surface area contributed by atoms with Crippen molar-refractivity contribution in [2.75, 3.05) is 12.9 Å². The van der Waals surface area contributed by atoms with E-state index < -0.39 is 47.9 Å². The summed E-state index contributed by atoms with van der Waals surface area (Å²) >= 11 is 2.84. The van der Waals surface area contributed by atoms with Crippen LogP contribution in [0.1, 0.15) is 97.8 Å². The third-order valence-corrected chi connectivity index (χ3v) is 10.7. The largest absolute Gasteiger partial charge is 0 e. The molecule has 4 heterocycles. The van der Waals surface area contributed by atoms with Crippen molar-refractivity contribution in [2.24, 2.45) is 28.2 Å². The van der Waals surface area contributed by atoms with Crippen LogP contribution in [0.15, 0.2) is 74.9 Å². The zero-order valence-corrected chi connectivity index (χ0v) is 61.1. The fourth-order valence-corrected chi connectivity index (χ4v) is 7.01. The van der Waals surface area contributed by atoms with E-state index in [1.807, 2.05) is 63.2 Å². The van der Waals surface area contributed by atoms with E-state index in [1.165, 1.54) is 90.1 Å². The van der Waals surface area contributed by atoms with Crippen molar-refractivity contribution in [3.63, 3.8) is 0 Å². The van der Waals surface area contributed by atoms with Gasteiger partial charge in [0.05, 0.1) is 60.7 Å². The summed E-state index contributed by atoms with van der Waals surface area (Å²) in [6.07, 6.45) is 41.2. The predicted molar refractivity (Wildman–Crippen MR) is 281 cm³/mol. The Hall–Kier alpha value is 3.48. The number of halogens is 15. The average molecular weight is 1740 g/mol. The van der Waals surface area contributed by atoms with E-state index in [-0.39, 0.29) is 95.0 Å². The second kappa shape index (κ2) is 71.0. The van der Waals surface area contributed by atoms with Gasteiger partial charge in [0.2, 0.25) is 35.3 Å². The molecular weight excluding hydrogens is 1670 g/mol. The summed E-state index contributed by atoms with van der Waals surface area (Å²) in [6.45, 7) is 11.1. The van der Waals surface area contributed by atoms with Gasteiger partial charge in [-0.1, -0.05) is 65.7 Å². The van der Waals surface area contributed by atoms with Crippen molar-refractivity contribution in [3.8, 4) is 0 Å². The number of aromatic nitrogens is 8. The van der Waals surface area contributed by atoms with Crippen LogP contribution in [-0.2, 0) is 163 Å². The maximum absolute atomic E-state index is 11.4. The molecule has 1 radical (unpaired) electrons. The molecule has 38 heteroatoms. The minimum absolute atomic E-state index is 0. The van der Waals surface area contributed by atoms with Crippen LogP contribution in [0, 0.1) is 0 Å². The van der Waals surface area contributed by atoms with Crippen LogP contribution in [0.3, 0.4) is 0 Å². The van der Waals surface area contributed by atoms with Gasteiger partial charge in [-0.2, -0.15) is 13.2 Å². The molecule has 0 bridgehead atoms. The van der Waals surface area contributed by atoms with Gasteiger partial charge in [-0.15, -0.1) is 13.9 Å². The first kappa shape index (κ1) is 104. The molecule has 0 aromatic carbocycles. The molecule has 0 aliphatic heterocycles. The Morgan fingerprint density at radius 2 is 0.816 bits per heavy atom. The first-order valence-electron chi connectivity index (χ1n) is 21.2. The summed E-state index contributed by atoms with van der Waals surface area (Å²) in [5.74, 6) is 0. The number of nitrogens with zero attached hydrogens (tertiary/aromatic N) is 8. The Bertz CT molecular complexity index is 1990. The molecule has 0 spiro atoms. The smallest absolute Gasteiger partial charge is 0 e. The maximum Gasteiger partial charge on any atom is 0 e. The maximum atomic E-state index is 11.4. The number of hydrogen-bond acceptors (Lipinski definition) is 6. The molecule has 477 valence electrons. The number of aliphatic hydroxyl groups is 1. The van der Waals surface area contributed by atoms with E-state index in [0.717, 1.165) is 6.54 Å². The molecule has 0 aliphatic rings. The average Bonchev–Trinajstić information content (AvgIpc) is 4.11. The Morgan fingerprint density at radius 3 is 1.01 bits per heavy atom. The molecule has 4 aromatic heterocycles. The Labute approximate surface area is 567 Å². The number of aliphatic hydroxyl groups excluding tert-OH is 1.